The van der Waals surface area contributed by atoms with Gasteiger partial charge in [0.05, 0.1) is 22.6 Å². The van der Waals surface area contributed by atoms with Gasteiger partial charge in [-0.15, -0.1) is 0 Å². The molecule has 0 aliphatic heterocycles. The quantitative estimate of drug-likeness (QED) is 0.603. The normalized spacial score (nSPS) is 10.9. The number of halogens is 2. The zero-order chi connectivity index (χ0) is 16.5. The van der Waals surface area contributed by atoms with Crippen molar-refractivity contribution in [3.63, 3.8) is 0 Å². The van der Waals surface area contributed by atoms with E-state index in [0.717, 1.165) is 17.0 Å². The van der Waals surface area contributed by atoms with Crippen LogP contribution in [0.15, 0.2) is 61.1 Å². The van der Waals surface area contributed by atoms with Crippen LogP contribution in [0.5, 0.6) is 0 Å². The topological polar surface area (TPSA) is 55.1 Å². The number of benzene rings is 1. The Hall–Kier alpha value is -2.99. The first kappa shape index (κ1) is 14.6. The van der Waals surface area contributed by atoms with Crippen LogP contribution >= 0.6 is 11.6 Å². The molecule has 4 aromatic rings. The molecule has 3 aromatic heterocycles. The second-order valence-corrected chi connectivity index (χ2v) is 5.50. The first-order chi connectivity index (χ1) is 11.7. The highest BCUT2D eigenvalue weighted by atomic mass is 35.5. The van der Waals surface area contributed by atoms with Crippen molar-refractivity contribution in [3.05, 3.63) is 71.9 Å². The highest BCUT2D eigenvalue weighted by molar-refractivity contribution is 6.31. The van der Waals surface area contributed by atoms with Crippen LogP contribution in [0, 0.1) is 5.82 Å². The van der Waals surface area contributed by atoms with Crippen molar-refractivity contribution in [1.82, 2.24) is 19.4 Å². The Kier molecular flexibility index (Phi) is 3.59. The van der Waals surface area contributed by atoms with Crippen molar-refractivity contribution in [1.29, 1.82) is 0 Å². The highest BCUT2D eigenvalue weighted by Gasteiger charge is 2.09. The van der Waals surface area contributed by atoms with Crippen molar-refractivity contribution >= 4 is 28.9 Å². The summed E-state index contributed by atoms with van der Waals surface area (Å²) in [6.07, 6.45) is 5.33. The highest BCUT2D eigenvalue weighted by Crippen LogP contribution is 2.23. The van der Waals surface area contributed by atoms with E-state index in [4.69, 9.17) is 11.6 Å². The lowest BCUT2D eigenvalue weighted by Crippen LogP contribution is -1.99. The van der Waals surface area contributed by atoms with E-state index in [2.05, 4.69) is 20.3 Å². The van der Waals surface area contributed by atoms with E-state index in [0.29, 0.717) is 11.6 Å². The Morgan fingerprint density at radius 3 is 2.88 bits per heavy atom. The van der Waals surface area contributed by atoms with Crippen molar-refractivity contribution < 1.29 is 4.39 Å². The minimum absolute atomic E-state index is 0.0398. The Labute approximate surface area is 141 Å². The van der Waals surface area contributed by atoms with Crippen LogP contribution in [-0.2, 0) is 0 Å². The number of hydrogen-bond acceptors (Lipinski definition) is 4. The molecule has 0 fully saturated rings. The lowest BCUT2D eigenvalue weighted by molar-refractivity contribution is 0.628. The summed E-state index contributed by atoms with van der Waals surface area (Å²) in [7, 11) is 0. The number of hydrogen-bond donors (Lipinski definition) is 1. The van der Waals surface area contributed by atoms with Gasteiger partial charge in [0.1, 0.15) is 11.5 Å². The number of aromatic nitrogens is 4. The molecule has 0 spiro atoms. The third-order valence-electron chi connectivity index (χ3n) is 3.51. The molecule has 0 saturated heterocycles. The lowest BCUT2D eigenvalue weighted by atomic mass is 10.3. The molecular weight excluding hydrogens is 329 g/mol. The van der Waals surface area contributed by atoms with Gasteiger partial charge in [-0.3, -0.25) is 4.40 Å². The molecule has 0 saturated carbocycles. The lowest BCUT2D eigenvalue weighted by Gasteiger charge is -2.07. The maximum absolute atomic E-state index is 13.2. The minimum atomic E-state index is -0.470. The van der Waals surface area contributed by atoms with Crippen LogP contribution in [0.1, 0.15) is 0 Å². The molecule has 7 heteroatoms. The molecule has 3 heterocycles. The van der Waals surface area contributed by atoms with Crippen molar-refractivity contribution in [2.24, 2.45) is 0 Å². The van der Waals surface area contributed by atoms with Crippen molar-refractivity contribution in [3.8, 4) is 11.4 Å². The monoisotopic (exact) mass is 339 g/mol. The van der Waals surface area contributed by atoms with E-state index in [1.54, 1.807) is 24.5 Å². The van der Waals surface area contributed by atoms with Crippen LogP contribution in [0.25, 0.3) is 17.0 Å². The van der Waals surface area contributed by atoms with E-state index in [-0.39, 0.29) is 5.02 Å². The number of rotatable bonds is 3. The van der Waals surface area contributed by atoms with E-state index in [1.807, 2.05) is 28.8 Å². The van der Waals surface area contributed by atoms with Crippen LogP contribution in [-0.4, -0.2) is 19.4 Å². The van der Waals surface area contributed by atoms with Gasteiger partial charge in [0.25, 0.3) is 0 Å². The van der Waals surface area contributed by atoms with Crippen LogP contribution in [0.4, 0.5) is 16.0 Å². The summed E-state index contributed by atoms with van der Waals surface area (Å²) < 4.78 is 15.2. The molecule has 1 aromatic carbocycles. The molecule has 0 aliphatic carbocycles. The van der Waals surface area contributed by atoms with E-state index >= 15 is 0 Å². The molecule has 0 aliphatic rings. The van der Waals surface area contributed by atoms with Crippen LogP contribution in [0.2, 0.25) is 5.02 Å². The maximum Gasteiger partial charge on any atom is 0.227 e. The first-order valence-electron chi connectivity index (χ1n) is 7.18. The Bertz CT molecular complexity index is 1030. The van der Waals surface area contributed by atoms with Gasteiger partial charge in [-0.2, -0.15) is 0 Å². The smallest absolute Gasteiger partial charge is 0.227 e. The fourth-order valence-electron chi connectivity index (χ4n) is 2.39. The summed E-state index contributed by atoms with van der Waals surface area (Å²) in [5.41, 5.74) is 3.02. The standard InChI is InChI=1S/C17H11ClFN5/c18-12-9-11(4-5-13(12)19)22-17-20-7-6-14(23-17)15-10-21-16-3-1-2-8-24(15)16/h1-10H,(H,20,22,23). The number of anilines is 2. The summed E-state index contributed by atoms with van der Waals surface area (Å²) >= 11 is 5.79. The number of nitrogens with one attached hydrogen (secondary N) is 1. The fourth-order valence-corrected chi connectivity index (χ4v) is 2.57. The molecule has 0 bridgehead atoms. The molecule has 118 valence electrons. The third kappa shape index (κ3) is 2.68. The maximum atomic E-state index is 13.2. The molecule has 1 N–H and O–H groups in total. The number of fused-ring (bicyclic) bond motifs is 1. The average molecular weight is 340 g/mol. The molecule has 24 heavy (non-hydrogen) atoms. The van der Waals surface area contributed by atoms with Gasteiger partial charge in [0, 0.05) is 18.1 Å². The van der Waals surface area contributed by atoms with Gasteiger partial charge in [0.2, 0.25) is 5.95 Å². The van der Waals surface area contributed by atoms with Gasteiger partial charge >= 0.3 is 0 Å². The molecule has 0 amide bonds. The molecule has 0 unspecified atom stereocenters. The largest absolute Gasteiger partial charge is 0.324 e. The summed E-state index contributed by atoms with van der Waals surface area (Å²) in [4.78, 5) is 13.0. The minimum Gasteiger partial charge on any atom is -0.324 e. The summed E-state index contributed by atoms with van der Waals surface area (Å²) in [6, 6.07) is 11.9. The summed E-state index contributed by atoms with van der Waals surface area (Å²) in [5, 5.41) is 3.06. The molecule has 4 rings (SSSR count). The summed E-state index contributed by atoms with van der Waals surface area (Å²) in [5.74, 6) is -0.0799. The zero-order valence-electron chi connectivity index (χ0n) is 12.3. The number of nitrogens with zero attached hydrogens (tertiary/aromatic N) is 4. The second-order valence-electron chi connectivity index (χ2n) is 5.09. The predicted molar refractivity (Wildman–Crippen MR) is 90.9 cm³/mol. The van der Waals surface area contributed by atoms with Gasteiger partial charge < -0.3 is 5.32 Å². The second kappa shape index (κ2) is 5.90. The average Bonchev–Trinajstić information content (AvgIpc) is 3.03. The molecule has 0 radical (unpaired) electrons. The Morgan fingerprint density at radius 1 is 1.08 bits per heavy atom. The van der Waals surface area contributed by atoms with Crippen molar-refractivity contribution in [2.45, 2.75) is 0 Å². The molecule has 0 atom stereocenters. The van der Waals surface area contributed by atoms with Crippen molar-refractivity contribution in [2.75, 3.05) is 5.32 Å². The number of imidazole rings is 1. The van der Waals surface area contributed by atoms with Gasteiger partial charge in [-0.1, -0.05) is 17.7 Å². The van der Waals surface area contributed by atoms with E-state index in [9.17, 15) is 4.39 Å². The van der Waals surface area contributed by atoms with Gasteiger partial charge in [-0.25, -0.2) is 19.3 Å². The van der Waals surface area contributed by atoms with Gasteiger partial charge in [-0.05, 0) is 36.4 Å². The summed E-state index contributed by atoms with van der Waals surface area (Å²) in [6.45, 7) is 0. The number of pyridine rings is 1. The van der Waals surface area contributed by atoms with E-state index < -0.39 is 5.82 Å². The first-order valence-corrected chi connectivity index (χ1v) is 7.56. The van der Waals surface area contributed by atoms with Crippen LogP contribution < -0.4 is 5.32 Å². The molecular formula is C17H11ClFN5. The fraction of sp³-hybridized carbons (Fsp3) is 0. The van der Waals surface area contributed by atoms with E-state index in [1.165, 1.54) is 12.1 Å². The Morgan fingerprint density at radius 2 is 2.00 bits per heavy atom. The zero-order valence-corrected chi connectivity index (χ0v) is 13.1. The molecule has 5 nitrogen and oxygen atoms in total. The SMILES string of the molecule is Fc1ccc(Nc2nccc(-c3cnc4ccccn34)n2)cc1Cl. The van der Waals surface area contributed by atoms with Crippen LogP contribution in [0.3, 0.4) is 0 Å². The Balaban J connectivity index is 1.70. The van der Waals surface area contributed by atoms with Gasteiger partial charge in [0.15, 0.2) is 0 Å². The third-order valence-corrected chi connectivity index (χ3v) is 3.80. The predicted octanol–water partition coefficient (Wildman–Crippen LogP) is 4.33.